The smallest absolute Gasteiger partial charge is 0.344 e. The third-order valence-electron chi connectivity index (χ3n) is 4.33. The molecule has 0 aliphatic carbocycles. The zero-order valence-corrected chi connectivity index (χ0v) is 20.0. The molecule has 2 N–H and O–H groups in total. The number of ketones is 1. The molecule has 11 nitrogen and oxygen atoms in total. The molecule has 2 rings (SSSR count). The van der Waals surface area contributed by atoms with E-state index in [2.05, 4.69) is 10.6 Å². The Morgan fingerprint density at radius 3 is 2.11 bits per heavy atom. The maximum Gasteiger partial charge on any atom is 0.344 e. The lowest BCUT2D eigenvalue weighted by Crippen LogP contribution is -2.37. The first-order chi connectivity index (χ1) is 16.8. The molecule has 0 aromatic heterocycles. The van der Waals surface area contributed by atoms with Crippen molar-refractivity contribution in [1.29, 1.82) is 0 Å². The summed E-state index contributed by atoms with van der Waals surface area (Å²) >= 11 is 0. The summed E-state index contributed by atoms with van der Waals surface area (Å²) in [5.41, 5.74) is 0.795. The second-order valence-corrected chi connectivity index (χ2v) is 6.90. The minimum absolute atomic E-state index is 0.151. The van der Waals surface area contributed by atoms with Crippen LogP contribution in [0.5, 0.6) is 23.0 Å². The topological polar surface area (TPSA) is 138 Å². The Kier molecular flexibility index (Phi) is 10.3. The van der Waals surface area contributed by atoms with Gasteiger partial charge in [0.2, 0.25) is 0 Å². The molecule has 0 bridgehead atoms. The van der Waals surface area contributed by atoms with Gasteiger partial charge in [0.15, 0.2) is 42.0 Å². The number of carbonyl (C=O) groups is 4. The first-order valence-corrected chi connectivity index (χ1v) is 10.7. The van der Waals surface area contributed by atoms with Crippen LogP contribution in [0.1, 0.15) is 31.1 Å². The van der Waals surface area contributed by atoms with Crippen LogP contribution < -0.4 is 29.6 Å². The highest BCUT2D eigenvalue weighted by Gasteiger charge is 2.15. The van der Waals surface area contributed by atoms with E-state index in [-0.39, 0.29) is 17.3 Å². The number of rotatable bonds is 12. The molecule has 0 heterocycles. The number of hydrogen-bond acceptors (Lipinski definition) is 9. The highest BCUT2D eigenvalue weighted by Crippen LogP contribution is 2.30. The number of urea groups is 1. The molecule has 35 heavy (non-hydrogen) atoms. The molecule has 0 spiro atoms. The molecule has 188 valence electrons. The number of benzene rings is 2. The summed E-state index contributed by atoms with van der Waals surface area (Å²) in [5.74, 6) is -0.373. The Morgan fingerprint density at radius 2 is 1.46 bits per heavy atom. The van der Waals surface area contributed by atoms with E-state index >= 15 is 0 Å². The van der Waals surface area contributed by atoms with Gasteiger partial charge in [-0.1, -0.05) is 0 Å². The first kappa shape index (κ1) is 27.0. The van der Waals surface area contributed by atoms with Gasteiger partial charge in [-0.3, -0.25) is 14.9 Å². The molecule has 0 radical (unpaired) electrons. The number of imide groups is 1. The average molecular weight is 488 g/mol. The standard InChI is InChI=1S/C24H28N2O9/c1-5-32-19-10-8-17(12-21(19)33-6-2)25-24(30)26-22(28)13-35-23(29)14-34-18-9-7-16(15(3)27)11-20(18)31-4/h7-12H,5-6,13-14H2,1-4H3,(H2,25,26,28,30). The van der Waals surface area contributed by atoms with Gasteiger partial charge in [0.25, 0.3) is 5.91 Å². The highest BCUT2D eigenvalue weighted by molar-refractivity contribution is 6.02. The Bertz CT molecular complexity index is 1070. The third-order valence-corrected chi connectivity index (χ3v) is 4.33. The van der Waals surface area contributed by atoms with Gasteiger partial charge in [-0.2, -0.15) is 0 Å². The second-order valence-electron chi connectivity index (χ2n) is 6.90. The average Bonchev–Trinajstić information content (AvgIpc) is 2.83. The lowest BCUT2D eigenvalue weighted by atomic mass is 10.1. The van der Waals surface area contributed by atoms with Gasteiger partial charge in [0.1, 0.15) is 0 Å². The van der Waals surface area contributed by atoms with Gasteiger partial charge < -0.3 is 29.0 Å². The largest absolute Gasteiger partial charge is 0.493 e. The molecule has 0 aliphatic heterocycles. The van der Waals surface area contributed by atoms with E-state index in [0.29, 0.717) is 36.0 Å². The zero-order valence-electron chi connectivity index (χ0n) is 20.0. The Hall–Kier alpha value is -4.28. The van der Waals surface area contributed by atoms with Crippen molar-refractivity contribution in [2.24, 2.45) is 0 Å². The van der Waals surface area contributed by atoms with E-state index in [0.717, 1.165) is 0 Å². The SMILES string of the molecule is CCOc1ccc(NC(=O)NC(=O)COC(=O)COc2ccc(C(C)=O)cc2OC)cc1OCC. The lowest BCUT2D eigenvalue weighted by Gasteiger charge is -2.13. The van der Waals surface area contributed by atoms with E-state index in [9.17, 15) is 19.2 Å². The van der Waals surface area contributed by atoms with Crippen molar-refractivity contribution in [3.63, 3.8) is 0 Å². The van der Waals surface area contributed by atoms with Crippen molar-refractivity contribution >= 4 is 29.4 Å². The van der Waals surface area contributed by atoms with Crippen molar-refractivity contribution in [1.82, 2.24) is 5.32 Å². The Balaban J connectivity index is 1.81. The van der Waals surface area contributed by atoms with Gasteiger partial charge in [-0.15, -0.1) is 0 Å². The predicted molar refractivity (Wildman–Crippen MR) is 125 cm³/mol. The van der Waals surface area contributed by atoms with Crippen LogP contribution in [0.4, 0.5) is 10.5 Å². The van der Waals surface area contributed by atoms with E-state index in [1.807, 2.05) is 13.8 Å². The fourth-order valence-electron chi connectivity index (χ4n) is 2.78. The summed E-state index contributed by atoms with van der Waals surface area (Å²) in [7, 11) is 1.39. The Labute approximate surface area is 202 Å². The van der Waals surface area contributed by atoms with Crippen molar-refractivity contribution in [2.45, 2.75) is 20.8 Å². The lowest BCUT2D eigenvalue weighted by molar-refractivity contribution is -0.150. The molecule has 0 atom stereocenters. The fourth-order valence-corrected chi connectivity index (χ4v) is 2.78. The number of methoxy groups -OCH3 is 1. The van der Waals surface area contributed by atoms with Gasteiger partial charge in [-0.25, -0.2) is 9.59 Å². The minimum Gasteiger partial charge on any atom is -0.493 e. The predicted octanol–water partition coefficient (Wildman–Crippen LogP) is 2.97. The van der Waals surface area contributed by atoms with Crippen molar-refractivity contribution in [3.05, 3.63) is 42.0 Å². The molecular weight excluding hydrogens is 460 g/mol. The summed E-state index contributed by atoms with van der Waals surface area (Å²) in [4.78, 5) is 47.4. The molecule has 0 saturated heterocycles. The van der Waals surface area contributed by atoms with E-state index in [1.54, 1.807) is 18.2 Å². The second kappa shape index (κ2) is 13.4. The van der Waals surface area contributed by atoms with Crippen LogP contribution in [0.2, 0.25) is 0 Å². The van der Waals surface area contributed by atoms with E-state index in [4.69, 9.17) is 23.7 Å². The van der Waals surface area contributed by atoms with Gasteiger partial charge in [-0.05, 0) is 51.1 Å². The molecule has 0 saturated carbocycles. The van der Waals surface area contributed by atoms with Crippen LogP contribution in [-0.4, -0.2) is 57.2 Å². The number of amides is 3. The zero-order chi connectivity index (χ0) is 25.8. The van der Waals surface area contributed by atoms with Crippen molar-refractivity contribution < 1.29 is 42.9 Å². The first-order valence-electron chi connectivity index (χ1n) is 10.7. The fraction of sp³-hybridized carbons (Fsp3) is 0.333. The van der Waals surface area contributed by atoms with Crippen LogP contribution in [0.25, 0.3) is 0 Å². The van der Waals surface area contributed by atoms with Crippen LogP contribution in [0, 0.1) is 0 Å². The van der Waals surface area contributed by atoms with Gasteiger partial charge in [0.05, 0.1) is 20.3 Å². The quantitative estimate of drug-likeness (QED) is 0.341. The number of carbonyl (C=O) groups excluding carboxylic acids is 4. The Morgan fingerprint density at radius 1 is 0.800 bits per heavy atom. The molecule has 2 aromatic carbocycles. The van der Waals surface area contributed by atoms with Crippen molar-refractivity contribution in [2.75, 3.05) is 38.9 Å². The molecule has 0 unspecified atom stereocenters. The molecule has 11 heteroatoms. The summed E-state index contributed by atoms with van der Waals surface area (Å²) in [6, 6.07) is 8.47. The number of anilines is 1. The maximum absolute atomic E-state index is 12.1. The van der Waals surface area contributed by atoms with Crippen LogP contribution in [-0.2, 0) is 14.3 Å². The number of nitrogens with one attached hydrogen (secondary N) is 2. The summed E-state index contributed by atoms with van der Waals surface area (Å²) < 4.78 is 26.2. The van der Waals surface area contributed by atoms with E-state index in [1.165, 1.54) is 32.2 Å². The monoisotopic (exact) mass is 488 g/mol. The summed E-state index contributed by atoms with van der Waals surface area (Å²) in [6.45, 7) is 4.71. The van der Waals surface area contributed by atoms with Crippen LogP contribution >= 0.6 is 0 Å². The minimum atomic E-state index is -0.842. The number of ether oxygens (including phenoxy) is 5. The third kappa shape index (κ3) is 8.54. The molecule has 0 fully saturated rings. The van der Waals surface area contributed by atoms with E-state index < -0.39 is 31.1 Å². The molecule has 3 amide bonds. The summed E-state index contributed by atoms with van der Waals surface area (Å²) in [6.07, 6.45) is 0. The van der Waals surface area contributed by atoms with Gasteiger partial charge in [0, 0.05) is 17.3 Å². The normalized spacial score (nSPS) is 10.1. The summed E-state index contributed by atoms with van der Waals surface area (Å²) in [5, 5.41) is 4.54. The van der Waals surface area contributed by atoms with Crippen molar-refractivity contribution in [3.8, 4) is 23.0 Å². The molecular formula is C24H28N2O9. The number of esters is 1. The highest BCUT2D eigenvalue weighted by atomic mass is 16.6. The van der Waals surface area contributed by atoms with Gasteiger partial charge >= 0.3 is 12.0 Å². The molecule has 2 aromatic rings. The van der Waals surface area contributed by atoms with Crippen LogP contribution in [0.15, 0.2) is 36.4 Å². The molecule has 0 aliphatic rings. The number of hydrogen-bond donors (Lipinski definition) is 2. The maximum atomic E-state index is 12.1. The number of Topliss-reactive ketones (excluding diaryl/α,β-unsaturated/α-hetero) is 1. The van der Waals surface area contributed by atoms with Crippen LogP contribution in [0.3, 0.4) is 0 Å².